The Labute approximate surface area is 81.7 Å². The van der Waals surface area contributed by atoms with E-state index in [1.165, 1.54) is 0 Å². The molecule has 0 radical (unpaired) electrons. The van der Waals surface area contributed by atoms with Crippen molar-refractivity contribution in [3.63, 3.8) is 0 Å². The van der Waals surface area contributed by atoms with E-state index >= 15 is 0 Å². The molecule has 0 rings (SSSR count). The van der Waals surface area contributed by atoms with Crippen molar-refractivity contribution in [3.05, 3.63) is 0 Å². The predicted molar refractivity (Wildman–Crippen MR) is 55.5 cm³/mol. The van der Waals surface area contributed by atoms with Crippen LogP contribution in [0.4, 0.5) is 0 Å². The molecule has 0 aliphatic rings. The molecule has 1 unspecified atom stereocenters. The van der Waals surface area contributed by atoms with Gasteiger partial charge in [0.2, 0.25) is 0 Å². The summed E-state index contributed by atoms with van der Waals surface area (Å²) in [5, 5.41) is 12.3. The summed E-state index contributed by atoms with van der Waals surface area (Å²) >= 11 is 0. The van der Waals surface area contributed by atoms with E-state index in [4.69, 9.17) is 5.26 Å². The van der Waals surface area contributed by atoms with E-state index in [0.717, 1.165) is 13.1 Å². The molecular weight excluding hydrogens is 162 g/mol. The first-order valence-corrected chi connectivity index (χ1v) is 4.81. The van der Waals surface area contributed by atoms with Crippen LogP contribution in [0.1, 0.15) is 27.7 Å². The maximum Gasteiger partial charge on any atom is 0.116 e. The highest BCUT2D eigenvalue weighted by Crippen LogP contribution is 2.05. The van der Waals surface area contributed by atoms with Crippen LogP contribution >= 0.6 is 0 Å². The van der Waals surface area contributed by atoms with Gasteiger partial charge in [0.25, 0.3) is 0 Å². The molecule has 3 heteroatoms. The minimum Gasteiger partial charge on any atom is -0.304 e. The molecule has 0 aromatic rings. The normalized spacial score (nSPS) is 15.8. The summed E-state index contributed by atoms with van der Waals surface area (Å²) in [5.41, 5.74) is -0.432. The van der Waals surface area contributed by atoms with Crippen LogP contribution < -0.4 is 5.32 Å². The van der Waals surface area contributed by atoms with Crippen LogP contribution in [0.5, 0.6) is 0 Å². The molecular formula is C10H21N3. The molecule has 0 bridgehead atoms. The van der Waals surface area contributed by atoms with Gasteiger partial charge in [-0.15, -0.1) is 0 Å². The van der Waals surface area contributed by atoms with Gasteiger partial charge in [-0.25, -0.2) is 0 Å². The lowest BCUT2D eigenvalue weighted by molar-refractivity contribution is 0.260. The first-order chi connectivity index (χ1) is 5.93. The van der Waals surface area contributed by atoms with E-state index in [-0.39, 0.29) is 0 Å². The van der Waals surface area contributed by atoms with E-state index < -0.39 is 5.54 Å². The van der Waals surface area contributed by atoms with Gasteiger partial charge in [0.1, 0.15) is 5.54 Å². The standard InChI is InChI=1S/C10H21N3/c1-6-13(5)8-10(4,7-11)12-9(2)3/h9,12H,6,8H2,1-5H3. The largest absolute Gasteiger partial charge is 0.304 e. The molecule has 0 aliphatic heterocycles. The Morgan fingerprint density at radius 2 is 2.08 bits per heavy atom. The second-order valence-corrected chi connectivity index (χ2v) is 4.07. The summed E-state index contributed by atoms with van der Waals surface area (Å²) in [6, 6.07) is 2.66. The fourth-order valence-electron chi connectivity index (χ4n) is 1.40. The van der Waals surface area contributed by atoms with Crippen molar-refractivity contribution in [2.75, 3.05) is 20.1 Å². The third-order valence-electron chi connectivity index (χ3n) is 1.98. The van der Waals surface area contributed by atoms with Crippen LogP contribution in [0.15, 0.2) is 0 Å². The van der Waals surface area contributed by atoms with Crippen molar-refractivity contribution in [2.24, 2.45) is 0 Å². The van der Waals surface area contributed by atoms with Crippen LogP contribution in [0.25, 0.3) is 0 Å². The monoisotopic (exact) mass is 183 g/mol. The van der Waals surface area contributed by atoms with Gasteiger partial charge >= 0.3 is 0 Å². The number of hydrogen-bond donors (Lipinski definition) is 1. The third kappa shape index (κ3) is 4.87. The lowest BCUT2D eigenvalue weighted by Gasteiger charge is -2.30. The first-order valence-electron chi connectivity index (χ1n) is 4.81. The summed E-state index contributed by atoms with van der Waals surface area (Å²) in [7, 11) is 2.03. The highest BCUT2D eigenvalue weighted by Gasteiger charge is 2.25. The summed E-state index contributed by atoms with van der Waals surface area (Å²) in [4.78, 5) is 2.14. The van der Waals surface area contributed by atoms with Crippen LogP contribution in [0.3, 0.4) is 0 Å². The number of nitrogens with zero attached hydrogens (tertiary/aromatic N) is 2. The Balaban J connectivity index is 4.21. The molecule has 76 valence electrons. The number of rotatable bonds is 5. The third-order valence-corrected chi connectivity index (χ3v) is 1.98. The molecule has 13 heavy (non-hydrogen) atoms. The van der Waals surface area contributed by atoms with Crippen molar-refractivity contribution >= 4 is 0 Å². The molecule has 0 fully saturated rings. The molecule has 0 saturated carbocycles. The fraction of sp³-hybridized carbons (Fsp3) is 0.900. The van der Waals surface area contributed by atoms with Crippen molar-refractivity contribution in [2.45, 2.75) is 39.3 Å². The maximum atomic E-state index is 9.04. The minimum absolute atomic E-state index is 0.343. The molecule has 0 spiro atoms. The van der Waals surface area contributed by atoms with E-state index in [1.807, 2.05) is 14.0 Å². The summed E-state index contributed by atoms with van der Waals surface area (Å²) < 4.78 is 0. The van der Waals surface area contributed by atoms with Crippen LogP contribution in [-0.4, -0.2) is 36.6 Å². The first kappa shape index (κ1) is 12.4. The smallest absolute Gasteiger partial charge is 0.116 e. The zero-order valence-electron chi connectivity index (χ0n) is 9.39. The summed E-state index contributed by atoms with van der Waals surface area (Å²) in [6.45, 7) is 9.88. The average molecular weight is 183 g/mol. The van der Waals surface area contributed by atoms with E-state index in [2.05, 4.69) is 37.1 Å². The molecule has 0 aromatic heterocycles. The lowest BCUT2D eigenvalue weighted by Crippen LogP contribution is -2.52. The van der Waals surface area contributed by atoms with Gasteiger partial charge < -0.3 is 4.90 Å². The Morgan fingerprint density at radius 1 is 1.54 bits per heavy atom. The average Bonchev–Trinajstić information content (AvgIpc) is 2.02. The molecule has 3 nitrogen and oxygen atoms in total. The fourth-order valence-corrected chi connectivity index (χ4v) is 1.40. The van der Waals surface area contributed by atoms with Gasteiger partial charge in [-0.05, 0) is 34.4 Å². The number of likely N-dealkylation sites (N-methyl/N-ethyl adjacent to an activating group) is 1. The van der Waals surface area contributed by atoms with Gasteiger partial charge in [-0.3, -0.25) is 5.32 Å². The van der Waals surface area contributed by atoms with E-state index in [1.54, 1.807) is 0 Å². The quantitative estimate of drug-likeness (QED) is 0.696. The van der Waals surface area contributed by atoms with Gasteiger partial charge in [0.15, 0.2) is 0 Å². The molecule has 0 heterocycles. The van der Waals surface area contributed by atoms with Crippen molar-refractivity contribution in [1.82, 2.24) is 10.2 Å². The number of nitrogens with one attached hydrogen (secondary N) is 1. The Bertz CT molecular complexity index is 183. The number of hydrogen-bond acceptors (Lipinski definition) is 3. The van der Waals surface area contributed by atoms with Crippen molar-refractivity contribution < 1.29 is 0 Å². The SMILES string of the molecule is CCN(C)CC(C)(C#N)NC(C)C. The zero-order chi connectivity index (χ0) is 10.5. The van der Waals surface area contributed by atoms with E-state index in [9.17, 15) is 0 Å². The highest BCUT2D eigenvalue weighted by atomic mass is 15.1. The molecule has 0 saturated heterocycles. The van der Waals surface area contributed by atoms with Gasteiger partial charge in [-0.1, -0.05) is 6.92 Å². The zero-order valence-corrected chi connectivity index (χ0v) is 9.39. The Kier molecular flexibility index (Phi) is 4.97. The second-order valence-electron chi connectivity index (χ2n) is 4.07. The minimum atomic E-state index is -0.432. The van der Waals surface area contributed by atoms with Crippen molar-refractivity contribution in [3.8, 4) is 6.07 Å². The molecule has 0 amide bonds. The van der Waals surface area contributed by atoms with E-state index in [0.29, 0.717) is 6.04 Å². The molecule has 0 aliphatic carbocycles. The maximum absolute atomic E-state index is 9.04. The van der Waals surface area contributed by atoms with Crippen LogP contribution in [-0.2, 0) is 0 Å². The molecule has 1 atom stereocenters. The predicted octanol–water partition coefficient (Wildman–Crippen LogP) is 1.22. The Hall–Kier alpha value is -0.590. The Morgan fingerprint density at radius 3 is 2.38 bits per heavy atom. The number of nitriles is 1. The topological polar surface area (TPSA) is 39.1 Å². The van der Waals surface area contributed by atoms with Gasteiger partial charge in [0.05, 0.1) is 6.07 Å². The van der Waals surface area contributed by atoms with Crippen LogP contribution in [0.2, 0.25) is 0 Å². The van der Waals surface area contributed by atoms with Crippen LogP contribution in [0, 0.1) is 11.3 Å². The van der Waals surface area contributed by atoms with Gasteiger partial charge in [0, 0.05) is 12.6 Å². The molecule has 1 N–H and O–H groups in total. The van der Waals surface area contributed by atoms with Gasteiger partial charge in [-0.2, -0.15) is 5.26 Å². The summed E-state index contributed by atoms with van der Waals surface area (Å²) in [5.74, 6) is 0. The second kappa shape index (κ2) is 5.21. The van der Waals surface area contributed by atoms with Crippen molar-refractivity contribution in [1.29, 1.82) is 5.26 Å². The summed E-state index contributed by atoms with van der Waals surface area (Å²) in [6.07, 6.45) is 0. The highest BCUT2D eigenvalue weighted by molar-refractivity contribution is 5.06. The molecule has 0 aromatic carbocycles. The lowest BCUT2D eigenvalue weighted by atomic mass is 10.0.